The lowest BCUT2D eigenvalue weighted by Crippen LogP contribution is -2.43. The highest BCUT2D eigenvalue weighted by Gasteiger charge is 2.42. The van der Waals surface area contributed by atoms with Crippen molar-refractivity contribution in [3.63, 3.8) is 0 Å². The molecule has 0 saturated carbocycles. The van der Waals surface area contributed by atoms with Crippen LogP contribution in [-0.4, -0.2) is 34.9 Å². The van der Waals surface area contributed by atoms with Crippen molar-refractivity contribution in [2.75, 3.05) is 6.54 Å². The lowest BCUT2D eigenvalue weighted by atomic mass is 10.0. The topological polar surface area (TPSA) is 102 Å². The largest absolute Gasteiger partial charge is 0.480 e. The molecule has 0 fully saturated rings. The molecule has 9 heteroatoms. The molecule has 2 aromatic heterocycles. The highest BCUT2D eigenvalue weighted by Crippen LogP contribution is 2.35. The lowest BCUT2D eigenvalue weighted by molar-refractivity contribution is -0.142. The molecule has 0 spiro atoms. The van der Waals surface area contributed by atoms with E-state index in [2.05, 4.69) is 0 Å². The standard InChI is InChI=1S/C24H20N2O6S/c27-24(28)22-23-17(12-16-31-23)11-15-26(22)33(29,30)21-9-7-20(8-10-21)32-19-5-3-18(4-6-19)25-13-1-2-14-25/h1-10,12-14,16,22H,11,15H2,(H,27,28). The number of carboxylic acid groups (broad SMARTS) is 1. The highest BCUT2D eigenvalue weighted by atomic mass is 32.2. The number of ether oxygens (including phenoxy) is 1. The summed E-state index contributed by atoms with van der Waals surface area (Å²) in [6.07, 6.45) is 5.65. The number of fused-ring (bicyclic) bond motifs is 1. The maximum Gasteiger partial charge on any atom is 0.329 e. The van der Waals surface area contributed by atoms with Gasteiger partial charge in [0.05, 0.1) is 11.2 Å². The van der Waals surface area contributed by atoms with E-state index in [1.54, 1.807) is 18.2 Å². The van der Waals surface area contributed by atoms with Gasteiger partial charge in [0.2, 0.25) is 10.0 Å². The van der Waals surface area contributed by atoms with Crippen LogP contribution in [0.4, 0.5) is 0 Å². The number of hydrogen-bond acceptors (Lipinski definition) is 5. The fourth-order valence-electron chi connectivity index (χ4n) is 3.92. The SMILES string of the molecule is O=C(O)C1c2occc2CCN1S(=O)(=O)c1ccc(Oc2ccc(-n3cccc3)cc2)cc1. The van der Waals surface area contributed by atoms with Crippen LogP contribution in [0.2, 0.25) is 0 Å². The zero-order chi connectivity index (χ0) is 23.0. The number of benzene rings is 2. The number of rotatable bonds is 6. The van der Waals surface area contributed by atoms with Crippen molar-refractivity contribution < 1.29 is 27.5 Å². The van der Waals surface area contributed by atoms with Crippen LogP contribution in [0.3, 0.4) is 0 Å². The van der Waals surface area contributed by atoms with Crippen molar-refractivity contribution in [1.29, 1.82) is 0 Å². The average Bonchev–Trinajstić information content (AvgIpc) is 3.51. The van der Waals surface area contributed by atoms with E-state index in [9.17, 15) is 18.3 Å². The molecule has 4 aromatic rings. The summed E-state index contributed by atoms with van der Waals surface area (Å²) in [5, 5.41) is 9.68. The predicted molar refractivity (Wildman–Crippen MR) is 119 cm³/mol. The third-order valence-corrected chi connectivity index (χ3v) is 7.44. The molecule has 0 aliphatic carbocycles. The van der Waals surface area contributed by atoms with E-state index in [1.807, 2.05) is 53.4 Å². The first-order chi connectivity index (χ1) is 15.9. The molecule has 3 heterocycles. The van der Waals surface area contributed by atoms with Crippen molar-refractivity contribution >= 4 is 16.0 Å². The Morgan fingerprint density at radius 3 is 2.24 bits per heavy atom. The number of aromatic nitrogens is 1. The van der Waals surface area contributed by atoms with Gasteiger partial charge in [-0.15, -0.1) is 0 Å². The van der Waals surface area contributed by atoms with E-state index < -0.39 is 22.0 Å². The van der Waals surface area contributed by atoms with Crippen molar-refractivity contribution in [2.24, 2.45) is 0 Å². The van der Waals surface area contributed by atoms with Crippen LogP contribution in [0.15, 0.2) is 94.7 Å². The fraction of sp³-hybridized carbons (Fsp3) is 0.125. The average molecular weight is 464 g/mol. The summed E-state index contributed by atoms with van der Waals surface area (Å²) in [5.41, 5.74) is 1.70. The van der Waals surface area contributed by atoms with Crippen LogP contribution in [-0.2, 0) is 21.2 Å². The van der Waals surface area contributed by atoms with Gasteiger partial charge in [-0.2, -0.15) is 4.31 Å². The minimum Gasteiger partial charge on any atom is -0.480 e. The van der Waals surface area contributed by atoms with Crippen LogP contribution < -0.4 is 4.74 Å². The van der Waals surface area contributed by atoms with Crippen molar-refractivity contribution in [3.05, 3.63) is 96.7 Å². The molecule has 5 rings (SSSR count). The number of furan rings is 1. The first-order valence-corrected chi connectivity index (χ1v) is 11.7. The molecule has 1 atom stereocenters. The molecular weight excluding hydrogens is 444 g/mol. The van der Waals surface area contributed by atoms with Gasteiger partial charge in [0.1, 0.15) is 17.3 Å². The van der Waals surface area contributed by atoms with E-state index in [1.165, 1.54) is 18.4 Å². The van der Waals surface area contributed by atoms with Crippen LogP contribution in [0.25, 0.3) is 5.69 Å². The summed E-state index contributed by atoms with van der Waals surface area (Å²) in [4.78, 5) is 11.9. The Labute approximate surface area is 190 Å². The second-order valence-electron chi connectivity index (χ2n) is 7.57. The number of nitrogens with zero attached hydrogens (tertiary/aromatic N) is 2. The van der Waals surface area contributed by atoms with Gasteiger partial charge in [-0.25, -0.2) is 13.2 Å². The molecule has 0 saturated heterocycles. The van der Waals surface area contributed by atoms with Crippen LogP contribution >= 0.6 is 0 Å². The third kappa shape index (κ3) is 3.92. The highest BCUT2D eigenvalue weighted by molar-refractivity contribution is 7.89. The minimum absolute atomic E-state index is 0.0148. The molecule has 0 radical (unpaired) electrons. The molecule has 0 amide bonds. The van der Waals surface area contributed by atoms with Crippen molar-refractivity contribution in [1.82, 2.24) is 8.87 Å². The van der Waals surface area contributed by atoms with Gasteiger partial charge in [0, 0.05) is 24.6 Å². The predicted octanol–water partition coefficient (Wildman–Crippen LogP) is 4.24. The van der Waals surface area contributed by atoms with Crippen LogP contribution in [0.5, 0.6) is 11.5 Å². The molecule has 168 valence electrons. The zero-order valence-corrected chi connectivity index (χ0v) is 18.2. The molecule has 0 bridgehead atoms. The fourth-order valence-corrected chi connectivity index (χ4v) is 5.47. The van der Waals surface area contributed by atoms with Gasteiger partial charge in [-0.05, 0) is 78.7 Å². The summed E-state index contributed by atoms with van der Waals surface area (Å²) in [6.45, 7) is 0.0534. The summed E-state index contributed by atoms with van der Waals surface area (Å²) in [5.74, 6) is -0.0586. The molecule has 1 aliphatic heterocycles. The quantitative estimate of drug-likeness (QED) is 0.458. The van der Waals surface area contributed by atoms with Gasteiger partial charge in [0.15, 0.2) is 6.04 Å². The number of carboxylic acids is 1. The Balaban J connectivity index is 1.35. The summed E-state index contributed by atoms with van der Waals surface area (Å²) >= 11 is 0. The summed E-state index contributed by atoms with van der Waals surface area (Å²) in [7, 11) is -4.06. The second-order valence-corrected chi connectivity index (χ2v) is 9.46. The summed E-state index contributed by atoms with van der Waals surface area (Å²) in [6, 6.07) is 17.6. The zero-order valence-electron chi connectivity index (χ0n) is 17.4. The number of aliphatic carboxylic acids is 1. The van der Waals surface area contributed by atoms with E-state index in [0.29, 0.717) is 23.5 Å². The molecule has 1 unspecified atom stereocenters. The first kappa shape index (κ1) is 21.0. The van der Waals surface area contributed by atoms with E-state index in [-0.39, 0.29) is 17.2 Å². The Kier molecular flexibility index (Phi) is 5.27. The minimum atomic E-state index is -4.06. The molecule has 1 aliphatic rings. The number of carbonyl (C=O) groups is 1. The van der Waals surface area contributed by atoms with Gasteiger partial charge >= 0.3 is 5.97 Å². The van der Waals surface area contributed by atoms with Gasteiger partial charge in [0.25, 0.3) is 0 Å². The van der Waals surface area contributed by atoms with E-state index >= 15 is 0 Å². The molecule has 8 nitrogen and oxygen atoms in total. The van der Waals surface area contributed by atoms with Crippen LogP contribution in [0.1, 0.15) is 17.4 Å². The Bertz CT molecular complexity index is 1370. The Hall–Kier alpha value is -3.82. The molecule has 2 aromatic carbocycles. The van der Waals surface area contributed by atoms with Gasteiger partial charge in [-0.1, -0.05) is 0 Å². The Morgan fingerprint density at radius 2 is 1.61 bits per heavy atom. The molecule has 1 N–H and O–H groups in total. The maximum absolute atomic E-state index is 13.2. The first-order valence-electron chi connectivity index (χ1n) is 10.3. The smallest absolute Gasteiger partial charge is 0.329 e. The number of sulfonamides is 1. The number of hydrogen-bond donors (Lipinski definition) is 1. The molecular formula is C24H20N2O6S. The Morgan fingerprint density at radius 1 is 0.970 bits per heavy atom. The van der Waals surface area contributed by atoms with E-state index in [4.69, 9.17) is 9.15 Å². The molecule has 33 heavy (non-hydrogen) atoms. The summed E-state index contributed by atoms with van der Waals surface area (Å²) < 4.78 is 40.5. The monoisotopic (exact) mass is 464 g/mol. The van der Waals surface area contributed by atoms with Crippen molar-refractivity contribution in [2.45, 2.75) is 17.4 Å². The maximum atomic E-state index is 13.2. The van der Waals surface area contributed by atoms with Gasteiger partial charge < -0.3 is 18.8 Å². The normalized spacial score (nSPS) is 16.3. The van der Waals surface area contributed by atoms with Gasteiger partial charge in [-0.3, -0.25) is 0 Å². The lowest BCUT2D eigenvalue weighted by Gasteiger charge is -2.31. The second kappa shape index (κ2) is 8.27. The van der Waals surface area contributed by atoms with Crippen LogP contribution in [0, 0.1) is 0 Å². The van der Waals surface area contributed by atoms with Crippen molar-refractivity contribution in [3.8, 4) is 17.2 Å². The third-order valence-electron chi connectivity index (χ3n) is 5.56. The van der Waals surface area contributed by atoms with E-state index in [0.717, 1.165) is 9.99 Å².